The van der Waals surface area contributed by atoms with Crippen LogP contribution >= 0.6 is 11.3 Å². The SMILES string of the molecule is Cc1cnc(CNC(=O)c2ccc3c(c2)CNC3)s1. The van der Waals surface area contributed by atoms with Crippen molar-refractivity contribution < 1.29 is 4.79 Å². The molecule has 1 amide bonds. The largest absolute Gasteiger partial charge is 0.346 e. The molecule has 0 unspecified atom stereocenters. The molecule has 5 heteroatoms. The summed E-state index contributed by atoms with van der Waals surface area (Å²) in [6, 6.07) is 5.88. The first-order valence-corrected chi connectivity index (χ1v) is 7.06. The molecular weight excluding hydrogens is 258 g/mol. The lowest BCUT2D eigenvalue weighted by atomic mass is 10.1. The van der Waals surface area contributed by atoms with Crippen LogP contribution in [0.25, 0.3) is 0 Å². The second kappa shape index (κ2) is 5.11. The van der Waals surface area contributed by atoms with Crippen molar-refractivity contribution in [1.29, 1.82) is 0 Å². The van der Waals surface area contributed by atoms with Crippen LogP contribution in [0.3, 0.4) is 0 Å². The first-order chi connectivity index (χ1) is 9.22. The highest BCUT2D eigenvalue weighted by Crippen LogP contribution is 2.17. The van der Waals surface area contributed by atoms with Crippen LogP contribution in [0.5, 0.6) is 0 Å². The average Bonchev–Trinajstić information content (AvgIpc) is 3.03. The van der Waals surface area contributed by atoms with E-state index in [1.165, 1.54) is 11.1 Å². The third-order valence-electron chi connectivity index (χ3n) is 3.17. The molecule has 0 fully saturated rings. The molecule has 4 nitrogen and oxygen atoms in total. The van der Waals surface area contributed by atoms with Gasteiger partial charge in [-0.1, -0.05) is 6.07 Å². The van der Waals surface area contributed by atoms with Crippen molar-refractivity contribution in [3.63, 3.8) is 0 Å². The molecule has 2 heterocycles. The molecule has 0 saturated heterocycles. The smallest absolute Gasteiger partial charge is 0.251 e. The molecule has 0 spiro atoms. The lowest BCUT2D eigenvalue weighted by Gasteiger charge is -2.05. The summed E-state index contributed by atoms with van der Waals surface area (Å²) < 4.78 is 0. The minimum absolute atomic E-state index is 0.0393. The van der Waals surface area contributed by atoms with E-state index in [9.17, 15) is 4.79 Å². The van der Waals surface area contributed by atoms with Crippen LogP contribution in [0.4, 0.5) is 0 Å². The molecule has 1 aromatic carbocycles. The number of hydrogen-bond donors (Lipinski definition) is 2. The number of carbonyl (C=O) groups excluding carboxylic acids is 1. The number of nitrogens with zero attached hydrogens (tertiary/aromatic N) is 1. The number of thiazole rings is 1. The van der Waals surface area contributed by atoms with Crippen LogP contribution in [-0.4, -0.2) is 10.9 Å². The Bertz CT molecular complexity index is 621. The standard InChI is InChI=1S/C14H15N3OS/c1-9-5-16-13(19-9)8-17-14(18)10-2-3-11-6-15-7-12(11)4-10/h2-5,15H,6-8H2,1H3,(H,17,18). The highest BCUT2D eigenvalue weighted by molar-refractivity contribution is 7.11. The molecule has 0 atom stereocenters. The minimum Gasteiger partial charge on any atom is -0.346 e. The summed E-state index contributed by atoms with van der Waals surface area (Å²) in [7, 11) is 0. The topological polar surface area (TPSA) is 54.0 Å². The fourth-order valence-corrected chi connectivity index (χ4v) is 2.90. The van der Waals surface area contributed by atoms with Crippen molar-refractivity contribution in [2.75, 3.05) is 0 Å². The molecule has 0 bridgehead atoms. The maximum absolute atomic E-state index is 12.1. The Labute approximate surface area is 115 Å². The van der Waals surface area contributed by atoms with Crippen LogP contribution in [-0.2, 0) is 19.6 Å². The summed E-state index contributed by atoms with van der Waals surface area (Å²) in [6.07, 6.45) is 1.83. The number of hydrogen-bond acceptors (Lipinski definition) is 4. The van der Waals surface area contributed by atoms with Gasteiger partial charge < -0.3 is 10.6 Å². The zero-order valence-corrected chi connectivity index (χ0v) is 11.5. The van der Waals surface area contributed by atoms with Gasteiger partial charge in [0.2, 0.25) is 0 Å². The second-order valence-electron chi connectivity index (χ2n) is 4.63. The summed E-state index contributed by atoms with van der Waals surface area (Å²) >= 11 is 1.61. The molecule has 1 aliphatic heterocycles. The van der Waals surface area contributed by atoms with E-state index >= 15 is 0 Å². The van der Waals surface area contributed by atoms with Crippen molar-refractivity contribution >= 4 is 17.2 Å². The molecule has 3 rings (SSSR count). The number of amides is 1. The molecule has 19 heavy (non-hydrogen) atoms. The van der Waals surface area contributed by atoms with Crippen molar-refractivity contribution in [1.82, 2.24) is 15.6 Å². The van der Waals surface area contributed by atoms with E-state index in [0.717, 1.165) is 28.5 Å². The third-order valence-corrected chi connectivity index (χ3v) is 4.08. The van der Waals surface area contributed by atoms with Crippen molar-refractivity contribution in [2.24, 2.45) is 0 Å². The summed E-state index contributed by atoms with van der Waals surface area (Å²) in [6.45, 7) is 4.25. The van der Waals surface area contributed by atoms with E-state index in [1.54, 1.807) is 11.3 Å². The Hall–Kier alpha value is -1.72. The quantitative estimate of drug-likeness (QED) is 0.899. The first kappa shape index (κ1) is 12.3. The number of fused-ring (bicyclic) bond motifs is 1. The average molecular weight is 273 g/mol. The Morgan fingerprint density at radius 2 is 2.26 bits per heavy atom. The predicted molar refractivity (Wildman–Crippen MR) is 75.0 cm³/mol. The molecular formula is C14H15N3OS. The first-order valence-electron chi connectivity index (χ1n) is 6.24. The van der Waals surface area contributed by atoms with E-state index in [4.69, 9.17) is 0 Å². The normalized spacial score (nSPS) is 13.3. The van der Waals surface area contributed by atoms with Gasteiger partial charge in [-0.15, -0.1) is 11.3 Å². The summed E-state index contributed by atoms with van der Waals surface area (Å²) in [5, 5.41) is 7.12. The summed E-state index contributed by atoms with van der Waals surface area (Å²) in [5.41, 5.74) is 3.22. The predicted octanol–water partition coefficient (Wildman–Crippen LogP) is 1.98. The summed E-state index contributed by atoms with van der Waals surface area (Å²) in [4.78, 5) is 17.5. The van der Waals surface area contributed by atoms with E-state index in [2.05, 4.69) is 15.6 Å². The fourth-order valence-electron chi connectivity index (χ4n) is 2.18. The molecule has 0 aliphatic carbocycles. The third kappa shape index (κ3) is 2.67. The Morgan fingerprint density at radius 1 is 1.42 bits per heavy atom. The molecule has 1 aliphatic rings. The molecule has 1 aromatic heterocycles. The Morgan fingerprint density at radius 3 is 3.05 bits per heavy atom. The summed E-state index contributed by atoms with van der Waals surface area (Å²) in [5.74, 6) is -0.0393. The Balaban J connectivity index is 1.67. The number of carbonyl (C=O) groups is 1. The number of aromatic nitrogens is 1. The maximum atomic E-state index is 12.1. The number of aryl methyl sites for hydroxylation is 1. The van der Waals surface area contributed by atoms with E-state index in [-0.39, 0.29) is 5.91 Å². The van der Waals surface area contributed by atoms with Crippen molar-refractivity contribution in [2.45, 2.75) is 26.6 Å². The molecule has 2 aromatic rings. The molecule has 0 radical (unpaired) electrons. The number of benzene rings is 1. The molecule has 0 saturated carbocycles. The van der Waals surface area contributed by atoms with Gasteiger partial charge in [-0.2, -0.15) is 0 Å². The van der Waals surface area contributed by atoms with Crippen molar-refractivity contribution in [3.8, 4) is 0 Å². The monoisotopic (exact) mass is 273 g/mol. The van der Waals surface area contributed by atoms with Gasteiger partial charge in [-0.05, 0) is 30.2 Å². The zero-order valence-electron chi connectivity index (χ0n) is 10.7. The highest BCUT2D eigenvalue weighted by atomic mass is 32.1. The zero-order chi connectivity index (χ0) is 13.2. The van der Waals surface area contributed by atoms with Gasteiger partial charge in [-0.3, -0.25) is 4.79 Å². The van der Waals surface area contributed by atoms with Crippen LogP contribution in [0.15, 0.2) is 24.4 Å². The van der Waals surface area contributed by atoms with Gasteiger partial charge in [-0.25, -0.2) is 4.98 Å². The lowest BCUT2D eigenvalue weighted by molar-refractivity contribution is 0.0951. The number of rotatable bonds is 3. The van der Waals surface area contributed by atoms with Crippen LogP contribution in [0, 0.1) is 6.92 Å². The van der Waals surface area contributed by atoms with E-state index in [0.29, 0.717) is 6.54 Å². The van der Waals surface area contributed by atoms with Gasteiger partial charge >= 0.3 is 0 Å². The Kier molecular flexibility index (Phi) is 3.31. The highest BCUT2D eigenvalue weighted by Gasteiger charge is 2.13. The number of nitrogens with one attached hydrogen (secondary N) is 2. The molecule has 98 valence electrons. The van der Waals surface area contributed by atoms with E-state index < -0.39 is 0 Å². The van der Waals surface area contributed by atoms with Crippen molar-refractivity contribution in [3.05, 3.63) is 51.0 Å². The van der Waals surface area contributed by atoms with Crippen LogP contribution in [0.1, 0.15) is 31.4 Å². The van der Waals surface area contributed by atoms with Gasteiger partial charge in [0.25, 0.3) is 5.91 Å². The lowest BCUT2D eigenvalue weighted by Crippen LogP contribution is -2.22. The van der Waals surface area contributed by atoms with Gasteiger partial charge in [0, 0.05) is 29.7 Å². The van der Waals surface area contributed by atoms with Gasteiger partial charge in [0.15, 0.2) is 0 Å². The van der Waals surface area contributed by atoms with Crippen LogP contribution in [0.2, 0.25) is 0 Å². The van der Waals surface area contributed by atoms with Crippen LogP contribution < -0.4 is 10.6 Å². The van der Waals surface area contributed by atoms with Gasteiger partial charge in [0.1, 0.15) is 5.01 Å². The van der Waals surface area contributed by atoms with E-state index in [1.807, 2.05) is 31.3 Å². The fraction of sp³-hybridized carbons (Fsp3) is 0.286. The molecule has 2 N–H and O–H groups in total. The second-order valence-corrected chi connectivity index (χ2v) is 5.95. The maximum Gasteiger partial charge on any atom is 0.251 e. The minimum atomic E-state index is -0.0393. The van der Waals surface area contributed by atoms with Gasteiger partial charge in [0.05, 0.1) is 6.54 Å².